The number of nitrogens with one attached hydrogen (secondary N) is 1. The third-order valence-corrected chi connectivity index (χ3v) is 3.46. The number of nitrogens with zero attached hydrogens (tertiary/aromatic N) is 1. The van der Waals surface area contributed by atoms with E-state index in [2.05, 4.69) is 10.3 Å². The molecule has 118 valence electrons. The predicted molar refractivity (Wildman–Crippen MR) is 89.2 cm³/mol. The van der Waals surface area contributed by atoms with Crippen molar-refractivity contribution in [3.63, 3.8) is 0 Å². The lowest BCUT2D eigenvalue weighted by atomic mass is 9.95. The second-order valence-corrected chi connectivity index (χ2v) is 6.42. The van der Waals surface area contributed by atoms with Gasteiger partial charge < -0.3 is 14.8 Å². The van der Waals surface area contributed by atoms with E-state index in [4.69, 9.17) is 4.42 Å². The van der Waals surface area contributed by atoms with Crippen LogP contribution in [0.25, 0.3) is 22.6 Å². The van der Waals surface area contributed by atoms with Gasteiger partial charge in [-0.15, -0.1) is 0 Å². The lowest BCUT2D eigenvalue weighted by Gasteiger charge is -2.17. The van der Waals surface area contributed by atoms with E-state index in [1.165, 1.54) is 6.07 Å². The maximum absolute atomic E-state index is 12.0. The number of phenolic OH excluding ortho intramolecular Hbond substituents is 1. The summed E-state index contributed by atoms with van der Waals surface area (Å²) in [6, 6.07) is 12.3. The van der Waals surface area contributed by atoms with Crippen LogP contribution in [-0.4, -0.2) is 16.0 Å². The zero-order chi connectivity index (χ0) is 16.6. The zero-order valence-electron chi connectivity index (χ0n) is 13.3. The standard InChI is InChI=1S/C18H18N2O3/c1-18(2,3)17(22)19-11-8-9-12(14(21)10-11)16-20-13-6-4-5-7-15(13)23-16/h4-10,21H,1-3H3,(H,19,22). The molecule has 0 saturated carbocycles. The van der Waals surface area contributed by atoms with Gasteiger partial charge in [-0.3, -0.25) is 4.79 Å². The largest absolute Gasteiger partial charge is 0.507 e. The summed E-state index contributed by atoms with van der Waals surface area (Å²) in [5, 5.41) is 13.0. The summed E-state index contributed by atoms with van der Waals surface area (Å²) >= 11 is 0. The molecule has 2 N–H and O–H groups in total. The highest BCUT2D eigenvalue weighted by Gasteiger charge is 2.21. The molecule has 1 heterocycles. The number of oxazole rings is 1. The molecule has 0 unspecified atom stereocenters. The topological polar surface area (TPSA) is 75.4 Å². The van der Waals surface area contributed by atoms with Gasteiger partial charge in [0.05, 0.1) is 5.56 Å². The number of rotatable bonds is 2. The highest BCUT2D eigenvalue weighted by atomic mass is 16.3. The van der Waals surface area contributed by atoms with Crippen molar-refractivity contribution in [2.75, 3.05) is 5.32 Å². The Balaban J connectivity index is 1.91. The molecule has 1 aromatic heterocycles. The first kappa shape index (κ1) is 15.1. The van der Waals surface area contributed by atoms with Gasteiger partial charge in [-0.25, -0.2) is 4.98 Å². The molecule has 3 rings (SSSR count). The van der Waals surface area contributed by atoms with Gasteiger partial charge in [0, 0.05) is 17.2 Å². The summed E-state index contributed by atoms with van der Waals surface area (Å²) in [7, 11) is 0. The van der Waals surface area contributed by atoms with Crippen molar-refractivity contribution >= 4 is 22.7 Å². The third-order valence-electron chi connectivity index (χ3n) is 3.46. The number of carbonyl (C=O) groups excluding carboxylic acids is 1. The van der Waals surface area contributed by atoms with Gasteiger partial charge in [0.25, 0.3) is 0 Å². The zero-order valence-corrected chi connectivity index (χ0v) is 13.3. The van der Waals surface area contributed by atoms with Gasteiger partial charge in [-0.1, -0.05) is 32.9 Å². The van der Waals surface area contributed by atoms with Gasteiger partial charge in [0.2, 0.25) is 11.8 Å². The Morgan fingerprint density at radius 1 is 1.17 bits per heavy atom. The van der Waals surface area contributed by atoms with Crippen LogP contribution in [0.3, 0.4) is 0 Å². The van der Waals surface area contributed by atoms with Gasteiger partial charge in [-0.05, 0) is 24.3 Å². The van der Waals surface area contributed by atoms with Crippen molar-refractivity contribution in [1.29, 1.82) is 0 Å². The summed E-state index contributed by atoms with van der Waals surface area (Å²) < 4.78 is 5.65. The molecule has 0 fully saturated rings. The van der Waals surface area contributed by atoms with Gasteiger partial charge in [0.15, 0.2) is 5.58 Å². The minimum atomic E-state index is -0.505. The van der Waals surface area contributed by atoms with E-state index < -0.39 is 5.41 Å². The van der Waals surface area contributed by atoms with Gasteiger partial charge >= 0.3 is 0 Å². The van der Waals surface area contributed by atoms with Crippen LogP contribution >= 0.6 is 0 Å². The molecule has 3 aromatic rings. The Hall–Kier alpha value is -2.82. The molecule has 0 atom stereocenters. The Morgan fingerprint density at radius 2 is 1.91 bits per heavy atom. The molecule has 23 heavy (non-hydrogen) atoms. The number of carbonyl (C=O) groups is 1. The number of anilines is 1. The fraction of sp³-hybridized carbons (Fsp3) is 0.222. The molecule has 0 saturated heterocycles. The number of benzene rings is 2. The van der Waals surface area contributed by atoms with E-state index in [-0.39, 0.29) is 11.7 Å². The molecule has 0 aliphatic rings. The third kappa shape index (κ3) is 3.04. The number of hydrogen-bond acceptors (Lipinski definition) is 4. The average Bonchev–Trinajstić information content (AvgIpc) is 2.89. The van der Waals surface area contributed by atoms with Crippen LogP contribution in [0, 0.1) is 5.41 Å². The van der Waals surface area contributed by atoms with Crippen LogP contribution in [0.15, 0.2) is 46.9 Å². The van der Waals surface area contributed by atoms with Gasteiger partial charge in [-0.2, -0.15) is 0 Å². The Bertz CT molecular complexity index is 842. The second kappa shape index (κ2) is 5.43. The quantitative estimate of drug-likeness (QED) is 0.744. The van der Waals surface area contributed by atoms with Crippen LogP contribution in [0.2, 0.25) is 0 Å². The fourth-order valence-electron chi connectivity index (χ4n) is 2.10. The normalized spacial score (nSPS) is 11.6. The molecular weight excluding hydrogens is 292 g/mol. The second-order valence-electron chi connectivity index (χ2n) is 6.42. The minimum absolute atomic E-state index is 0.00302. The molecule has 0 aliphatic heterocycles. The van der Waals surface area contributed by atoms with Crippen LogP contribution in [0.5, 0.6) is 5.75 Å². The summed E-state index contributed by atoms with van der Waals surface area (Å²) in [6.45, 7) is 5.48. The lowest BCUT2D eigenvalue weighted by Crippen LogP contribution is -2.27. The number of phenols is 1. The lowest BCUT2D eigenvalue weighted by molar-refractivity contribution is -0.123. The first-order chi connectivity index (χ1) is 10.8. The molecule has 1 amide bonds. The van der Waals surface area contributed by atoms with Crippen LogP contribution in [-0.2, 0) is 4.79 Å². The summed E-state index contributed by atoms with van der Waals surface area (Å²) in [4.78, 5) is 16.4. The van der Waals surface area contributed by atoms with E-state index in [9.17, 15) is 9.90 Å². The average molecular weight is 310 g/mol. The van der Waals surface area contributed by atoms with Crippen LogP contribution < -0.4 is 5.32 Å². The van der Waals surface area contributed by atoms with Crippen molar-refractivity contribution in [3.05, 3.63) is 42.5 Å². The number of aromatic hydroxyl groups is 1. The molecule has 0 aliphatic carbocycles. The maximum atomic E-state index is 12.0. The van der Waals surface area contributed by atoms with E-state index in [1.807, 2.05) is 45.0 Å². The summed E-state index contributed by atoms with van der Waals surface area (Å²) in [5.41, 5.74) is 1.89. The van der Waals surface area contributed by atoms with Crippen molar-refractivity contribution in [3.8, 4) is 17.2 Å². The van der Waals surface area contributed by atoms with Crippen LogP contribution in [0.4, 0.5) is 5.69 Å². The number of hydrogen-bond donors (Lipinski definition) is 2. The highest BCUT2D eigenvalue weighted by molar-refractivity contribution is 5.95. The molecule has 2 aromatic carbocycles. The van der Waals surface area contributed by atoms with Crippen molar-refractivity contribution in [2.45, 2.75) is 20.8 Å². The van der Waals surface area contributed by atoms with Crippen molar-refractivity contribution in [1.82, 2.24) is 4.98 Å². The first-order valence-electron chi connectivity index (χ1n) is 7.35. The highest BCUT2D eigenvalue weighted by Crippen LogP contribution is 2.33. The molecular formula is C18H18N2O3. The Kier molecular flexibility index (Phi) is 3.56. The molecule has 0 bridgehead atoms. The van der Waals surface area contributed by atoms with E-state index in [0.717, 1.165) is 5.52 Å². The molecule has 0 spiro atoms. The smallest absolute Gasteiger partial charge is 0.231 e. The van der Waals surface area contributed by atoms with Gasteiger partial charge in [0.1, 0.15) is 11.3 Å². The predicted octanol–water partition coefficient (Wildman–Crippen LogP) is 4.19. The van der Waals surface area contributed by atoms with Crippen molar-refractivity contribution in [2.24, 2.45) is 5.41 Å². The van der Waals surface area contributed by atoms with E-state index >= 15 is 0 Å². The number of para-hydroxylation sites is 2. The molecule has 5 nitrogen and oxygen atoms in total. The fourth-order valence-corrected chi connectivity index (χ4v) is 2.10. The maximum Gasteiger partial charge on any atom is 0.231 e. The van der Waals surface area contributed by atoms with E-state index in [1.54, 1.807) is 12.1 Å². The van der Waals surface area contributed by atoms with Crippen LogP contribution in [0.1, 0.15) is 20.8 Å². The Labute approximate surface area is 134 Å². The molecule has 0 radical (unpaired) electrons. The van der Waals surface area contributed by atoms with E-state index in [0.29, 0.717) is 22.7 Å². The Morgan fingerprint density at radius 3 is 2.57 bits per heavy atom. The number of amides is 1. The molecule has 5 heteroatoms. The SMILES string of the molecule is CC(C)(C)C(=O)Nc1ccc(-c2nc3ccccc3o2)c(O)c1. The monoisotopic (exact) mass is 310 g/mol. The minimum Gasteiger partial charge on any atom is -0.507 e. The number of fused-ring (bicyclic) bond motifs is 1. The summed E-state index contributed by atoms with van der Waals surface area (Å²) in [5.74, 6) is 0.229. The first-order valence-corrected chi connectivity index (χ1v) is 7.35. The number of aromatic nitrogens is 1. The van der Waals surface area contributed by atoms with Crippen molar-refractivity contribution < 1.29 is 14.3 Å². The summed E-state index contributed by atoms with van der Waals surface area (Å²) in [6.07, 6.45) is 0.